The molecule has 172 valence electrons. The summed E-state index contributed by atoms with van der Waals surface area (Å²) in [5, 5.41) is 13.3. The summed E-state index contributed by atoms with van der Waals surface area (Å²) >= 11 is 0. The first-order chi connectivity index (χ1) is 15.0. The van der Waals surface area contributed by atoms with Gasteiger partial charge >= 0.3 is 12.1 Å². The van der Waals surface area contributed by atoms with Crippen LogP contribution in [0.4, 0.5) is 10.5 Å². The van der Waals surface area contributed by atoms with Crippen molar-refractivity contribution < 1.29 is 28.7 Å². The molecule has 0 unspecified atom stereocenters. The SMILES string of the molecule is C[C@@H](OC(C)(C)C)[C@@H](NC(=O)OCc1ccccc1)C(=O)OCc1ccc([N+](=O)[O-])cc1. The van der Waals surface area contributed by atoms with Gasteiger partial charge in [-0.25, -0.2) is 9.59 Å². The van der Waals surface area contributed by atoms with E-state index >= 15 is 0 Å². The van der Waals surface area contributed by atoms with Crippen LogP contribution in [-0.2, 0) is 32.2 Å². The van der Waals surface area contributed by atoms with Crippen LogP contribution in [0.25, 0.3) is 0 Å². The van der Waals surface area contributed by atoms with Gasteiger partial charge in [-0.05, 0) is 51.0 Å². The van der Waals surface area contributed by atoms with Gasteiger partial charge in [0.2, 0.25) is 0 Å². The number of amides is 1. The highest BCUT2D eigenvalue weighted by Gasteiger charge is 2.32. The maximum Gasteiger partial charge on any atom is 0.408 e. The predicted molar refractivity (Wildman–Crippen MR) is 117 cm³/mol. The second-order valence-electron chi connectivity index (χ2n) is 8.15. The van der Waals surface area contributed by atoms with E-state index < -0.39 is 34.7 Å². The minimum Gasteiger partial charge on any atom is -0.459 e. The van der Waals surface area contributed by atoms with E-state index in [1.54, 1.807) is 6.92 Å². The number of alkyl carbamates (subject to hydrolysis) is 1. The lowest BCUT2D eigenvalue weighted by Gasteiger charge is -2.30. The zero-order chi connectivity index (χ0) is 23.7. The van der Waals surface area contributed by atoms with Crippen LogP contribution < -0.4 is 5.32 Å². The van der Waals surface area contributed by atoms with Crippen molar-refractivity contribution in [1.29, 1.82) is 0 Å². The lowest BCUT2D eigenvalue weighted by atomic mass is 10.1. The first-order valence-corrected chi connectivity index (χ1v) is 10.1. The Morgan fingerprint density at radius 2 is 1.53 bits per heavy atom. The number of hydrogen-bond donors (Lipinski definition) is 1. The Morgan fingerprint density at radius 3 is 2.09 bits per heavy atom. The Kier molecular flexibility index (Phi) is 8.71. The zero-order valence-electron chi connectivity index (χ0n) is 18.6. The van der Waals surface area contributed by atoms with E-state index in [1.165, 1.54) is 24.3 Å². The molecule has 2 aromatic carbocycles. The number of nitrogens with one attached hydrogen (secondary N) is 1. The number of nitro groups is 1. The second kappa shape index (κ2) is 11.2. The molecule has 32 heavy (non-hydrogen) atoms. The predicted octanol–water partition coefficient (Wildman–Crippen LogP) is 4.14. The van der Waals surface area contributed by atoms with E-state index in [0.29, 0.717) is 5.56 Å². The third-order valence-electron chi connectivity index (χ3n) is 4.28. The van der Waals surface area contributed by atoms with Gasteiger partial charge in [0.1, 0.15) is 13.2 Å². The Hall–Kier alpha value is -3.46. The number of carbonyl (C=O) groups is 2. The zero-order valence-corrected chi connectivity index (χ0v) is 18.6. The fraction of sp³-hybridized carbons (Fsp3) is 0.391. The van der Waals surface area contributed by atoms with Crippen LogP contribution in [0, 0.1) is 10.1 Å². The number of rotatable bonds is 9. The van der Waals surface area contributed by atoms with Crippen LogP contribution in [-0.4, -0.2) is 34.7 Å². The van der Waals surface area contributed by atoms with Crippen molar-refractivity contribution in [3.8, 4) is 0 Å². The standard InChI is InChI=1S/C23H28N2O7/c1-16(32-23(2,3)4)20(24-22(27)31-15-17-8-6-5-7-9-17)21(26)30-14-18-10-12-19(13-11-18)25(28)29/h5-13,16,20H,14-15H2,1-4H3,(H,24,27)/t16-,20-/m1/s1. The number of non-ortho nitro benzene ring substituents is 1. The molecule has 0 saturated carbocycles. The summed E-state index contributed by atoms with van der Waals surface area (Å²) in [4.78, 5) is 35.3. The van der Waals surface area contributed by atoms with Crippen LogP contribution >= 0.6 is 0 Å². The number of benzene rings is 2. The molecule has 1 N–H and O–H groups in total. The summed E-state index contributed by atoms with van der Waals surface area (Å²) in [6, 6.07) is 13.7. The lowest BCUT2D eigenvalue weighted by Crippen LogP contribution is -2.51. The van der Waals surface area contributed by atoms with Gasteiger partial charge in [0.25, 0.3) is 5.69 Å². The van der Waals surface area contributed by atoms with Crippen molar-refractivity contribution in [2.45, 2.75) is 58.7 Å². The highest BCUT2D eigenvalue weighted by atomic mass is 16.6. The second-order valence-corrected chi connectivity index (χ2v) is 8.15. The van der Waals surface area contributed by atoms with Crippen molar-refractivity contribution in [3.05, 3.63) is 75.8 Å². The van der Waals surface area contributed by atoms with E-state index in [0.717, 1.165) is 5.56 Å². The number of nitrogens with zero attached hydrogens (tertiary/aromatic N) is 1. The number of carbonyl (C=O) groups excluding carboxylic acids is 2. The number of ether oxygens (including phenoxy) is 3. The molecule has 2 atom stereocenters. The van der Waals surface area contributed by atoms with Gasteiger partial charge in [0.05, 0.1) is 16.6 Å². The Morgan fingerprint density at radius 1 is 0.969 bits per heavy atom. The van der Waals surface area contributed by atoms with Gasteiger partial charge in [0, 0.05) is 12.1 Å². The highest BCUT2D eigenvalue weighted by molar-refractivity contribution is 5.82. The topological polar surface area (TPSA) is 117 Å². The summed E-state index contributed by atoms with van der Waals surface area (Å²) < 4.78 is 16.4. The van der Waals surface area contributed by atoms with Crippen molar-refractivity contribution in [2.24, 2.45) is 0 Å². The summed E-state index contributed by atoms with van der Waals surface area (Å²) in [6.07, 6.45) is -1.49. The first-order valence-electron chi connectivity index (χ1n) is 10.1. The van der Waals surface area contributed by atoms with Gasteiger partial charge < -0.3 is 19.5 Å². The highest BCUT2D eigenvalue weighted by Crippen LogP contribution is 2.16. The normalized spacial score (nSPS) is 13.0. The lowest BCUT2D eigenvalue weighted by molar-refractivity contribution is -0.384. The molecule has 9 nitrogen and oxygen atoms in total. The van der Waals surface area contributed by atoms with Gasteiger partial charge in [-0.2, -0.15) is 0 Å². The molecule has 1 amide bonds. The van der Waals surface area contributed by atoms with Gasteiger partial charge in [-0.15, -0.1) is 0 Å². The van der Waals surface area contributed by atoms with E-state index in [1.807, 2.05) is 51.1 Å². The fourth-order valence-corrected chi connectivity index (χ4v) is 2.84. The minimum absolute atomic E-state index is 0.0474. The van der Waals surface area contributed by atoms with E-state index in [2.05, 4.69) is 5.32 Å². The molecule has 0 saturated heterocycles. The molecule has 0 aliphatic rings. The molecule has 2 aromatic rings. The summed E-state index contributed by atoms with van der Waals surface area (Å²) in [7, 11) is 0. The summed E-state index contributed by atoms with van der Waals surface area (Å²) in [6.45, 7) is 7.08. The molecule has 0 heterocycles. The van der Waals surface area contributed by atoms with E-state index in [4.69, 9.17) is 14.2 Å². The Labute approximate surface area is 186 Å². The summed E-state index contributed by atoms with van der Waals surface area (Å²) in [5.74, 6) is -0.711. The Bertz CT molecular complexity index is 908. The third kappa shape index (κ3) is 8.35. The number of esters is 1. The van der Waals surface area contributed by atoms with Crippen molar-refractivity contribution >= 4 is 17.7 Å². The molecule has 0 fully saturated rings. The first kappa shape index (κ1) is 24.8. The molecule has 9 heteroatoms. The average molecular weight is 444 g/mol. The van der Waals surface area contributed by atoms with Crippen molar-refractivity contribution in [1.82, 2.24) is 5.32 Å². The number of hydrogen-bond acceptors (Lipinski definition) is 7. The molecule has 0 radical (unpaired) electrons. The summed E-state index contributed by atoms with van der Waals surface area (Å²) in [5.41, 5.74) is 0.747. The van der Waals surface area contributed by atoms with Gasteiger partial charge in [-0.1, -0.05) is 30.3 Å². The Balaban J connectivity index is 2.01. The quantitative estimate of drug-likeness (QED) is 0.351. The smallest absolute Gasteiger partial charge is 0.408 e. The van der Waals surface area contributed by atoms with E-state index in [9.17, 15) is 19.7 Å². The van der Waals surface area contributed by atoms with Crippen LogP contribution in [0.3, 0.4) is 0 Å². The monoisotopic (exact) mass is 444 g/mol. The van der Waals surface area contributed by atoms with Crippen molar-refractivity contribution in [2.75, 3.05) is 0 Å². The van der Waals surface area contributed by atoms with E-state index in [-0.39, 0.29) is 18.9 Å². The van der Waals surface area contributed by atoms with Crippen molar-refractivity contribution in [3.63, 3.8) is 0 Å². The van der Waals surface area contributed by atoms with Gasteiger partial charge in [-0.3, -0.25) is 10.1 Å². The molecule has 0 bridgehead atoms. The largest absolute Gasteiger partial charge is 0.459 e. The minimum atomic E-state index is -1.12. The average Bonchev–Trinajstić information content (AvgIpc) is 2.74. The molecule has 0 spiro atoms. The molecule has 0 aliphatic carbocycles. The maximum absolute atomic E-state index is 12.7. The molecule has 2 rings (SSSR count). The fourth-order valence-electron chi connectivity index (χ4n) is 2.84. The third-order valence-corrected chi connectivity index (χ3v) is 4.28. The van der Waals surface area contributed by atoms with Crippen LogP contribution in [0.15, 0.2) is 54.6 Å². The molecule has 0 aromatic heterocycles. The van der Waals surface area contributed by atoms with Gasteiger partial charge in [0.15, 0.2) is 6.04 Å². The van der Waals surface area contributed by atoms with Crippen LogP contribution in [0.1, 0.15) is 38.8 Å². The molecular formula is C23H28N2O7. The van der Waals surface area contributed by atoms with Crippen LogP contribution in [0.2, 0.25) is 0 Å². The number of nitro benzene ring substituents is 1. The maximum atomic E-state index is 12.7. The van der Waals surface area contributed by atoms with Crippen LogP contribution in [0.5, 0.6) is 0 Å². The molecular weight excluding hydrogens is 416 g/mol. The molecule has 0 aliphatic heterocycles.